The van der Waals surface area contributed by atoms with E-state index in [2.05, 4.69) is 78.3 Å². The van der Waals surface area contributed by atoms with Crippen LogP contribution in [0.4, 0.5) is 8.90 Å². The van der Waals surface area contributed by atoms with Crippen molar-refractivity contribution in [2.24, 2.45) is 22.5 Å². The molecule has 0 saturated carbocycles. The highest BCUT2D eigenvalue weighted by Crippen LogP contribution is 2.51. The number of carbonyl (C=O) groups is 14. The van der Waals surface area contributed by atoms with Gasteiger partial charge in [0.25, 0.3) is 8.41 Å². The SMILES string of the molecule is CC[C@H](C)[C@H](NC(=O)[C@H](C)NC(=O)[C@H](Cc1cnc[nH]1)NC(=O)[C@H](CCCCNC(=O)O/N=C/c1ccc([Si](F)(C(C)(C)C)C(C)(C)C)cc1)NC(=O)CCOCCOCCOCCOCCNC(=O)CCCCCN1C(=O)CC(SC[C@H](N)C(=O)O)C1=O)C(=O)N[C@@H](Cc1ccc(O)cc1)C(=O)N1CCC[C@H]1C(=O)N[C@@H](CCCNC(=N)N)C(=O)N[C@@H](Cc1cnc[nH]1)C(=O)O. The van der Waals surface area contributed by atoms with E-state index in [9.17, 15) is 72.5 Å². The standard InChI is InChI=1S/C87H133FN20O22SSi/c1-10-54(2)73(79(118)104-66(44-56-22-26-60(109)27-23-56)80(119)107-35-17-20-68(107)78(117)102-64(19-16-32-95-84(90)91)76(115)105-67(83(123)124)46-59-50-93-53-98-59)106-74(113)55(3)100-77(116)65(45-58-49-92-52-97-58)103-75(114)63(18-13-14-31-96-85(125)130-99-48-57-24-28-61(29-25-57)132(88,86(4,5)6)87(7,8)9)101-71(111)30-36-126-38-40-128-42-43-129-41-39-127-37-33-94-70(110)21-12-11-15-34-108-72(112)47-69(81(108)120)131-51-62(89)82(121)122/h22-29,48-50,52-55,62-69,73,109H,10-21,30-47,51,89H2,1-9H3,(H,92,97)(H,93,98)(H,94,110)(H,96,125)(H,100,116)(H,101,111)(H,102,117)(H,103,114)(H,104,118)(H,105,115)(H,106,113)(H,121,122)(H,123,124)(H4,90,91,95)/b99-48+/t54-,55-,62-,63-,64-,65-,66-,67-,68-,69?,73-/m0/s1. The summed E-state index contributed by atoms with van der Waals surface area (Å²) in [5, 5.41) is 66.3. The van der Waals surface area contributed by atoms with Crippen LogP contribution in [0.3, 0.4) is 0 Å². The van der Waals surface area contributed by atoms with E-state index in [1.807, 2.05) is 41.5 Å². The molecule has 1 unspecified atom stereocenters. The minimum absolute atomic E-state index is 0.00871. The maximum Gasteiger partial charge on any atom is 0.433 e. The average Bonchev–Trinajstić information content (AvgIpc) is 0.967. The highest BCUT2D eigenvalue weighted by molar-refractivity contribution is 8.00. The van der Waals surface area contributed by atoms with Crippen LogP contribution < -0.4 is 69.8 Å². The fourth-order valence-electron chi connectivity index (χ4n) is 14.9. The number of nitrogens with one attached hydrogen (secondary N) is 13. The van der Waals surface area contributed by atoms with Crippen LogP contribution >= 0.6 is 11.8 Å². The Labute approximate surface area is 772 Å². The van der Waals surface area contributed by atoms with E-state index in [4.69, 9.17) is 45.8 Å². The molecule has 11 atom stereocenters. The topological polar surface area (TPSA) is 618 Å². The fourth-order valence-corrected chi connectivity index (χ4v) is 20.6. The Hall–Kier alpha value is -11.5. The van der Waals surface area contributed by atoms with Gasteiger partial charge in [0.05, 0.1) is 77.0 Å². The first kappa shape index (κ1) is 109. The van der Waals surface area contributed by atoms with Crippen LogP contribution in [0, 0.1) is 11.3 Å². The van der Waals surface area contributed by atoms with Crippen LogP contribution in [-0.2, 0) is 105 Å². The number of guanidine groups is 1. The number of likely N-dealkylation sites (tertiary alicyclic amines) is 2. The van der Waals surface area contributed by atoms with E-state index in [0.29, 0.717) is 59.8 Å². The summed E-state index contributed by atoms with van der Waals surface area (Å²) in [7, 11) is -3.54. The van der Waals surface area contributed by atoms with Gasteiger partial charge < -0.3 is 118 Å². The predicted octanol–water partition coefficient (Wildman–Crippen LogP) is 1.72. The van der Waals surface area contributed by atoms with Gasteiger partial charge in [0.2, 0.25) is 65.0 Å². The van der Waals surface area contributed by atoms with E-state index < -0.39 is 149 Å². The quantitative estimate of drug-likeness (QED) is 0.00437. The van der Waals surface area contributed by atoms with Gasteiger partial charge in [-0.2, -0.15) is 0 Å². The number of unbranched alkanes of at least 4 members (excludes halogenated alkanes) is 3. The van der Waals surface area contributed by atoms with Gasteiger partial charge in [-0.1, -0.05) is 110 Å². The number of rotatable bonds is 60. The van der Waals surface area contributed by atoms with Crippen molar-refractivity contribution in [2.45, 2.75) is 241 Å². The van der Waals surface area contributed by atoms with E-state index >= 15 is 8.90 Å². The zero-order valence-corrected chi connectivity index (χ0v) is 78.4. The van der Waals surface area contributed by atoms with Crippen molar-refractivity contribution < 1.29 is 110 Å². The van der Waals surface area contributed by atoms with Gasteiger partial charge in [0.1, 0.15) is 60.1 Å². The summed E-state index contributed by atoms with van der Waals surface area (Å²) in [5.41, 5.74) is 12.8. The third kappa shape index (κ3) is 36.9. The zero-order valence-electron chi connectivity index (χ0n) is 76.6. The molecule has 2 aromatic carbocycles. The molecule has 2 aliphatic rings. The van der Waals surface area contributed by atoms with Crippen molar-refractivity contribution in [3.05, 3.63) is 96.1 Å². The Morgan fingerprint density at radius 1 is 0.636 bits per heavy atom. The second-order valence-corrected chi connectivity index (χ2v) is 40.6. The number of oxime groups is 1. The number of aromatic amines is 2. The van der Waals surface area contributed by atoms with E-state index in [0.717, 1.165) is 11.8 Å². The van der Waals surface area contributed by atoms with Crippen molar-refractivity contribution in [2.75, 3.05) is 91.3 Å². The summed E-state index contributed by atoms with van der Waals surface area (Å²) in [4.78, 5) is 211. The van der Waals surface area contributed by atoms with Crippen LogP contribution in [-0.4, -0.2) is 300 Å². The van der Waals surface area contributed by atoms with Crippen molar-refractivity contribution >= 4 is 121 Å². The van der Waals surface area contributed by atoms with E-state index in [1.54, 1.807) is 38.1 Å². The predicted molar refractivity (Wildman–Crippen MR) is 487 cm³/mol. The van der Waals surface area contributed by atoms with Crippen LogP contribution in [0.2, 0.25) is 10.1 Å². The van der Waals surface area contributed by atoms with Crippen molar-refractivity contribution in [3.8, 4) is 5.75 Å². The number of nitrogens with zero attached hydrogens (tertiary/aromatic N) is 5. The normalized spacial score (nSPS) is 16.1. The minimum Gasteiger partial charge on any atom is -0.508 e. The molecule has 0 radical (unpaired) electrons. The summed E-state index contributed by atoms with van der Waals surface area (Å²) in [5.74, 6) is -10.8. The zero-order chi connectivity index (χ0) is 97.1. The highest BCUT2D eigenvalue weighted by Gasteiger charge is 2.57. The molecule has 6 rings (SSSR count). The maximum absolute atomic E-state index is 16.9. The van der Waals surface area contributed by atoms with Gasteiger partial charge in [-0.3, -0.25) is 72.7 Å². The number of halogens is 1. The van der Waals surface area contributed by atoms with E-state index in [-0.39, 0.29) is 198 Å². The van der Waals surface area contributed by atoms with Crippen LogP contribution in [0.5, 0.6) is 5.75 Å². The molecule has 0 spiro atoms. The molecule has 4 heterocycles. The van der Waals surface area contributed by atoms with Crippen LogP contribution in [0.1, 0.15) is 175 Å². The number of hydrogen-bond acceptors (Lipinski definition) is 26. The van der Waals surface area contributed by atoms with Crippen LogP contribution in [0.15, 0.2) is 78.7 Å². The molecule has 2 aliphatic heterocycles. The Kier molecular flexibility index (Phi) is 46.1. The summed E-state index contributed by atoms with van der Waals surface area (Å²) in [6, 6.07) is 0.598. The number of hydrogen-bond donors (Lipinski definition) is 18. The molecule has 132 heavy (non-hydrogen) atoms. The lowest BCUT2D eigenvalue weighted by Gasteiger charge is -2.44. The number of benzene rings is 2. The number of thioether (sulfide) groups is 1. The molecule has 0 bridgehead atoms. The largest absolute Gasteiger partial charge is 0.508 e. The second-order valence-electron chi connectivity index (χ2n) is 34.4. The van der Waals surface area contributed by atoms with Gasteiger partial charge in [0, 0.05) is 101 Å². The third-order valence-electron chi connectivity index (χ3n) is 22.2. The molecule has 42 nitrogen and oxygen atoms in total. The lowest BCUT2D eigenvalue weighted by Crippen LogP contribution is -2.61. The van der Waals surface area contributed by atoms with Gasteiger partial charge >= 0.3 is 18.0 Å². The molecule has 4 aromatic rings. The number of aromatic nitrogens is 4. The molecular weight excluding hydrogens is 1760 g/mol. The number of H-pyrrole nitrogens is 2. The van der Waals surface area contributed by atoms with Crippen LogP contribution in [0.25, 0.3) is 0 Å². The molecule has 45 heteroatoms. The number of phenolic OH excluding ortho intramolecular Hbond substituents is 1. The number of carboxylic acids is 2. The van der Waals surface area contributed by atoms with Gasteiger partial charge in [0.15, 0.2) is 5.96 Å². The molecular formula is C87H133FN20O22SSi. The molecule has 20 N–H and O–H groups in total. The Morgan fingerprint density at radius 2 is 1.21 bits per heavy atom. The number of imidazole rings is 2. The van der Waals surface area contributed by atoms with Gasteiger partial charge in [-0.05, 0) is 109 Å². The summed E-state index contributed by atoms with van der Waals surface area (Å²) >= 11 is 1.06. The number of nitrogens with two attached hydrogens (primary N) is 2. The number of ether oxygens (including phenoxy) is 4. The summed E-state index contributed by atoms with van der Waals surface area (Å²) in [6.45, 7) is 18.1. The van der Waals surface area contributed by atoms with Gasteiger partial charge in [-0.15, -0.1) is 11.8 Å². The molecule has 2 aromatic heterocycles. The average molecular weight is 1890 g/mol. The van der Waals surface area contributed by atoms with Crippen molar-refractivity contribution in [3.63, 3.8) is 0 Å². The fraction of sp³-hybridized carbons (Fsp3) is 0.609. The number of carbonyl (C=O) groups excluding carboxylic acids is 12. The Bertz CT molecular complexity index is 4420. The number of imide groups is 1. The smallest absolute Gasteiger partial charge is 0.433 e. The lowest BCUT2D eigenvalue weighted by molar-refractivity contribution is -0.143. The van der Waals surface area contributed by atoms with E-state index in [1.165, 1.54) is 72.3 Å². The third-order valence-corrected chi connectivity index (χ3v) is 28.8. The van der Waals surface area contributed by atoms with Gasteiger partial charge in [-0.25, -0.2) is 19.6 Å². The van der Waals surface area contributed by atoms with Crippen molar-refractivity contribution in [1.29, 1.82) is 5.41 Å². The number of carboxylic acid groups (broad SMARTS) is 2. The maximum atomic E-state index is 16.9. The summed E-state index contributed by atoms with van der Waals surface area (Å²) in [6.07, 6.45) is 8.30. The number of phenols is 1. The first-order chi connectivity index (χ1) is 62.7. The molecule has 0 aliphatic carbocycles. The molecule has 12 amide bonds. The lowest BCUT2D eigenvalue weighted by atomic mass is 9.96. The molecule has 730 valence electrons. The first-order valence-corrected chi connectivity index (χ1v) is 47.4. The highest BCUT2D eigenvalue weighted by atomic mass is 32.2. The Balaban J connectivity index is 1.03. The Morgan fingerprint density at radius 3 is 1.80 bits per heavy atom. The summed E-state index contributed by atoms with van der Waals surface area (Å²) < 4.78 is 39.4. The minimum atomic E-state index is -3.54. The number of aromatic hydroxyl groups is 1. The number of aliphatic carboxylic acids is 2. The second kappa shape index (κ2) is 55.7. The monoisotopic (exact) mass is 1890 g/mol. The first-order valence-electron chi connectivity index (χ1n) is 44.5. The molecule has 2 fully saturated rings. The number of amides is 12. The molecule has 2 saturated heterocycles. The van der Waals surface area contributed by atoms with Crippen molar-refractivity contribution in [1.82, 2.24) is 82.9 Å².